The lowest BCUT2D eigenvalue weighted by Gasteiger charge is -2.42. The zero-order valence-electron chi connectivity index (χ0n) is 23.8. The highest BCUT2D eigenvalue weighted by Gasteiger charge is 2.42. The first kappa shape index (κ1) is 30.1. The van der Waals surface area contributed by atoms with Gasteiger partial charge in [0.15, 0.2) is 6.29 Å². The highest BCUT2D eigenvalue weighted by Crippen LogP contribution is 2.30. The minimum atomic E-state index is -0.547. The second-order valence-corrected chi connectivity index (χ2v) is 10.8. The molecule has 6 nitrogen and oxygen atoms in total. The maximum Gasteiger partial charge on any atom is 0.161 e. The summed E-state index contributed by atoms with van der Waals surface area (Å²) in [4.78, 5) is 12.0. The van der Waals surface area contributed by atoms with Crippen molar-refractivity contribution in [2.45, 2.75) is 84.1 Å². The van der Waals surface area contributed by atoms with E-state index in [1.165, 1.54) is 0 Å². The summed E-state index contributed by atoms with van der Waals surface area (Å²) in [5, 5.41) is 0. The van der Waals surface area contributed by atoms with Crippen LogP contribution < -0.4 is 0 Å². The molecule has 6 heteroatoms. The number of carbonyl (C=O) groups excluding carboxylic acids is 1. The van der Waals surface area contributed by atoms with Crippen LogP contribution in [-0.2, 0) is 48.3 Å². The molecule has 1 saturated heterocycles. The van der Waals surface area contributed by atoms with Gasteiger partial charge in [-0.3, -0.25) is 4.79 Å². The second kappa shape index (κ2) is 15.8. The zero-order valence-corrected chi connectivity index (χ0v) is 23.8. The van der Waals surface area contributed by atoms with Gasteiger partial charge in [0, 0.05) is 12.8 Å². The first-order chi connectivity index (χ1) is 19.5. The molecule has 0 aliphatic carbocycles. The molecule has 0 aromatic heterocycles. The van der Waals surface area contributed by atoms with Gasteiger partial charge in [-0.25, -0.2) is 0 Å². The van der Waals surface area contributed by atoms with Gasteiger partial charge < -0.3 is 23.7 Å². The van der Waals surface area contributed by atoms with Crippen LogP contribution in [0.5, 0.6) is 0 Å². The number of ether oxygens (including phenoxy) is 5. The highest BCUT2D eigenvalue weighted by molar-refractivity contribution is 5.76. The Hall–Kier alpha value is -2.87. The first-order valence-electron chi connectivity index (χ1n) is 14.2. The van der Waals surface area contributed by atoms with Gasteiger partial charge in [0.2, 0.25) is 0 Å². The van der Waals surface area contributed by atoms with Crippen LogP contribution >= 0.6 is 0 Å². The highest BCUT2D eigenvalue weighted by atomic mass is 16.7. The van der Waals surface area contributed by atoms with Gasteiger partial charge in [0.25, 0.3) is 0 Å². The van der Waals surface area contributed by atoms with Crippen molar-refractivity contribution in [3.8, 4) is 0 Å². The van der Waals surface area contributed by atoms with E-state index in [4.69, 9.17) is 23.7 Å². The molecule has 0 radical (unpaired) electrons. The second-order valence-electron chi connectivity index (χ2n) is 10.8. The van der Waals surface area contributed by atoms with Gasteiger partial charge in [-0.1, -0.05) is 105 Å². The van der Waals surface area contributed by atoms with Gasteiger partial charge in [-0.2, -0.15) is 0 Å². The monoisotopic (exact) mass is 546 g/mol. The normalized spacial score (nSPS) is 21.8. The van der Waals surface area contributed by atoms with Crippen molar-refractivity contribution in [1.29, 1.82) is 0 Å². The fraction of sp³-hybridized carbons (Fsp3) is 0.441. The smallest absolute Gasteiger partial charge is 0.161 e. The van der Waals surface area contributed by atoms with Gasteiger partial charge in [0.05, 0.1) is 38.6 Å². The molecule has 1 fully saturated rings. The van der Waals surface area contributed by atoms with Crippen LogP contribution in [0.15, 0.2) is 91.0 Å². The Morgan fingerprint density at radius 3 is 1.85 bits per heavy atom. The van der Waals surface area contributed by atoms with Crippen LogP contribution in [0.2, 0.25) is 0 Å². The largest absolute Gasteiger partial charge is 0.374 e. The Morgan fingerprint density at radius 1 is 0.800 bits per heavy atom. The lowest BCUT2D eigenvalue weighted by atomic mass is 9.99. The van der Waals surface area contributed by atoms with E-state index in [0.29, 0.717) is 39.3 Å². The topological polar surface area (TPSA) is 63.2 Å². The summed E-state index contributed by atoms with van der Waals surface area (Å²) in [6.07, 6.45) is -1.04. The predicted octanol–water partition coefficient (Wildman–Crippen LogP) is 6.51. The maximum absolute atomic E-state index is 12.0. The van der Waals surface area contributed by atoms with Crippen LogP contribution in [0, 0.1) is 5.92 Å². The Labute approximate surface area is 238 Å². The molecule has 0 spiro atoms. The minimum Gasteiger partial charge on any atom is -0.374 e. The summed E-state index contributed by atoms with van der Waals surface area (Å²) in [6, 6.07) is 30.3. The van der Waals surface area contributed by atoms with Crippen molar-refractivity contribution in [2.24, 2.45) is 5.92 Å². The molecule has 40 heavy (non-hydrogen) atoms. The first-order valence-corrected chi connectivity index (χ1v) is 14.2. The Balaban J connectivity index is 1.52. The number of hydrogen-bond donors (Lipinski definition) is 0. The number of ketones is 1. The average molecular weight is 547 g/mol. The third-order valence-electron chi connectivity index (χ3n) is 7.03. The van der Waals surface area contributed by atoms with Crippen molar-refractivity contribution in [1.82, 2.24) is 0 Å². The number of carbonyl (C=O) groups is 1. The van der Waals surface area contributed by atoms with Crippen LogP contribution in [0.4, 0.5) is 0 Å². The molecule has 214 valence electrons. The zero-order chi connectivity index (χ0) is 28.2. The number of rotatable bonds is 15. The molecule has 0 N–H and O–H groups in total. The van der Waals surface area contributed by atoms with Crippen LogP contribution in [0.25, 0.3) is 0 Å². The van der Waals surface area contributed by atoms with Crippen LogP contribution in [-0.4, -0.2) is 43.1 Å². The number of benzene rings is 3. The van der Waals surface area contributed by atoms with Crippen molar-refractivity contribution >= 4 is 5.78 Å². The third kappa shape index (κ3) is 9.65. The molecule has 1 unspecified atom stereocenters. The Kier molecular flexibility index (Phi) is 11.9. The fourth-order valence-corrected chi connectivity index (χ4v) is 4.82. The van der Waals surface area contributed by atoms with E-state index >= 15 is 0 Å². The molecular formula is C34H42O6. The van der Waals surface area contributed by atoms with E-state index in [0.717, 1.165) is 16.7 Å². The number of hydrogen-bond acceptors (Lipinski definition) is 6. The van der Waals surface area contributed by atoms with Crippen molar-refractivity contribution in [2.75, 3.05) is 6.61 Å². The van der Waals surface area contributed by atoms with Crippen LogP contribution in [0.3, 0.4) is 0 Å². The third-order valence-corrected chi connectivity index (χ3v) is 7.03. The molecule has 3 aromatic rings. The molecule has 0 bridgehead atoms. The summed E-state index contributed by atoms with van der Waals surface area (Å²) in [5.41, 5.74) is 3.25. The van der Waals surface area contributed by atoms with E-state index in [9.17, 15) is 4.79 Å². The molecule has 1 aliphatic heterocycles. The quantitative estimate of drug-likeness (QED) is 0.217. The van der Waals surface area contributed by atoms with Gasteiger partial charge in [-0.05, 0) is 29.5 Å². The molecule has 1 aliphatic rings. The van der Waals surface area contributed by atoms with Crippen molar-refractivity contribution in [3.05, 3.63) is 108 Å². The summed E-state index contributed by atoms with van der Waals surface area (Å²) in [5.74, 6) is 0.259. The molecule has 4 rings (SSSR count). The Morgan fingerprint density at radius 2 is 1.32 bits per heavy atom. The van der Waals surface area contributed by atoms with Crippen molar-refractivity contribution < 1.29 is 28.5 Å². The fourth-order valence-electron chi connectivity index (χ4n) is 4.82. The molecule has 1 heterocycles. The summed E-state index contributed by atoms with van der Waals surface area (Å²) in [6.45, 7) is 7.38. The predicted molar refractivity (Wildman–Crippen MR) is 154 cm³/mol. The molecular weight excluding hydrogens is 504 g/mol. The van der Waals surface area contributed by atoms with Gasteiger partial charge >= 0.3 is 0 Å². The lowest BCUT2D eigenvalue weighted by Crippen LogP contribution is -2.53. The molecule has 3 aromatic carbocycles. The standard InChI is InChI=1S/C34H42O6/c1-25(2)30(19-26(3)35)39-33-20-31(37-22-28-15-9-5-10-16-28)34(38-23-29-17-11-6-12-18-29)32(40-33)24-36-21-27-13-7-4-8-14-27/h4-18,25,30-34H,19-24H2,1-3H3/t30?,31-,32-,33+,34+/m1/s1. The average Bonchev–Trinajstić information content (AvgIpc) is 2.96. The van der Waals surface area contributed by atoms with Crippen LogP contribution in [0.1, 0.15) is 50.3 Å². The molecule has 0 amide bonds. The van der Waals surface area contributed by atoms with E-state index in [-0.39, 0.29) is 30.0 Å². The summed E-state index contributed by atoms with van der Waals surface area (Å²) >= 11 is 0. The van der Waals surface area contributed by atoms with Gasteiger partial charge in [-0.15, -0.1) is 0 Å². The maximum atomic E-state index is 12.0. The Bertz CT molecular complexity index is 1120. The molecule has 5 atom stereocenters. The van der Waals surface area contributed by atoms with E-state index < -0.39 is 12.4 Å². The van der Waals surface area contributed by atoms with E-state index in [2.05, 4.69) is 26.0 Å². The summed E-state index contributed by atoms with van der Waals surface area (Å²) in [7, 11) is 0. The summed E-state index contributed by atoms with van der Waals surface area (Å²) < 4.78 is 32.1. The van der Waals surface area contributed by atoms with Gasteiger partial charge in [0.1, 0.15) is 18.0 Å². The van der Waals surface area contributed by atoms with E-state index in [1.54, 1.807) is 6.92 Å². The number of Topliss-reactive ketones (excluding diaryl/α,β-unsaturated/α-hetero) is 1. The minimum absolute atomic E-state index is 0.0956. The van der Waals surface area contributed by atoms with E-state index in [1.807, 2.05) is 78.9 Å². The lowest BCUT2D eigenvalue weighted by molar-refractivity contribution is -0.291. The molecule has 0 saturated carbocycles. The SMILES string of the molecule is CC(=O)CC(O[C@@H]1C[C@@H](OCc2ccccc2)[C@H](OCc2ccccc2)[C@@H](COCc2ccccc2)O1)C(C)C. The van der Waals surface area contributed by atoms with Crippen molar-refractivity contribution in [3.63, 3.8) is 0 Å².